The van der Waals surface area contributed by atoms with Gasteiger partial charge in [0.05, 0.1) is 0 Å². The molecular formula is C11H12O3. The molecule has 1 aliphatic carbocycles. The van der Waals surface area contributed by atoms with Crippen LogP contribution < -0.4 is 0 Å². The van der Waals surface area contributed by atoms with Crippen molar-refractivity contribution < 1.29 is 14.6 Å². The minimum atomic E-state index is -0.827. The summed E-state index contributed by atoms with van der Waals surface area (Å²) in [7, 11) is 0. The number of rotatable bonds is 0. The molecule has 2 aliphatic rings. The van der Waals surface area contributed by atoms with Crippen LogP contribution in [0.5, 0.6) is 0 Å². The van der Waals surface area contributed by atoms with Gasteiger partial charge in [-0.3, -0.25) is 0 Å². The van der Waals surface area contributed by atoms with Gasteiger partial charge in [-0.2, -0.15) is 0 Å². The van der Waals surface area contributed by atoms with Crippen LogP contribution in [0, 0.1) is 11.8 Å². The molecule has 74 valence electrons. The molecule has 0 unspecified atom stereocenters. The highest BCUT2D eigenvalue weighted by molar-refractivity contribution is 5.86. The van der Waals surface area contributed by atoms with Crippen LogP contribution in [0.3, 0.4) is 0 Å². The van der Waals surface area contributed by atoms with E-state index in [0.717, 1.165) is 25.7 Å². The van der Waals surface area contributed by atoms with E-state index in [9.17, 15) is 9.90 Å². The third kappa shape index (κ3) is 1.97. The summed E-state index contributed by atoms with van der Waals surface area (Å²) >= 11 is 0. The Kier molecular flexibility index (Phi) is 2.30. The predicted molar refractivity (Wildman–Crippen MR) is 50.2 cm³/mol. The summed E-state index contributed by atoms with van der Waals surface area (Å²) in [4.78, 5) is 10.7. The lowest BCUT2D eigenvalue weighted by atomic mass is 10.0. The van der Waals surface area contributed by atoms with Gasteiger partial charge in [-0.1, -0.05) is 11.8 Å². The van der Waals surface area contributed by atoms with Crippen LogP contribution in [0.1, 0.15) is 25.7 Å². The molecule has 0 spiro atoms. The molecule has 1 N–H and O–H groups in total. The maximum atomic E-state index is 10.7. The first-order valence-corrected chi connectivity index (χ1v) is 4.81. The minimum absolute atomic E-state index is 0.252. The van der Waals surface area contributed by atoms with E-state index in [1.165, 1.54) is 6.08 Å². The number of ether oxygens (including phenoxy) is 1. The van der Waals surface area contributed by atoms with Gasteiger partial charge in [0, 0.05) is 11.6 Å². The quantitative estimate of drug-likeness (QED) is 0.455. The molecule has 14 heavy (non-hydrogen) atoms. The Morgan fingerprint density at radius 1 is 1.43 bits per heavy atom. The zero-order valence-corrected chi connectivity index (χ0v) is 7.88. The summed E-state index contributed by atoms with van der Waals surface area (Å²) in [5, 5.41) is 9.89. The fourth-order valence-corrected chi connectivity index (χ4v) is 1.73. The van der Waals surface area contributed by atoms with Gasteiger partial charge in [-0.05, 0) is 25.7 Å². The van der Waals surface area contributed by atoms with Crippen molar-refractivity contribution >= 4 is 5.97 Å². The van der Waals surface area contributed by atoms with Gasteiger partial charge in [-0.15, -0.1) is 0 Å². The maximum absolute atomic E-state index is 10.7. The van der Waals surface area contributed by atoms with Crippen LogP contribution in [-0.2, 0) is 9.53 Å². The Morgan fingerprint density at radius 3 is 2.71 bits per heavy atom. The lowest BCUT2D eigenvalue weighted by molar-refractivity contribution is -0.134. The second-order valence-electron chi connectivity index (χ2n) is 3.77. The number of hydrogen-bond donors (Lipinski definition) is 1. The van der Waals surface area contributed by atoms with Crippen LogP contribution in [-0.4, -0.2) is 23.3 Å². The number of cyclic esters (lactones) is 1. The smallest absolute Gasteiger partial charge is 0.332 e. The summed E-state index contributed by atoms with van der Waals surface area (Å²) in [6.07, 6.45) is 4.91. The normalized spacial score (nSPS) is 23.8. The second-order valence-corrected chi connectivity index (χ2v) is 3.77. The summed E-state index contributed by atoms with van der Waals surface area (Å²) in [5.74, 6) is 5.30. The second kappa shape index (κ2) is 3.47. The van der Waals surface area contributed by atoms with Crippen molar-refractivity contribution in [3.05, 3.63) is 11.6 Å². The molecule has 1 heterocycles. The number of carbonyl (C=O) groups excluding carboxylic acids is 1. The molecule has 1 fully saturated rings. The van der Waals surface area contributed by atoms with E-state index in [2.05, 4.69) is 11.8 Å². The minimum Gasteiger partial charge on any atom is -0.457 e. The first kappa shape index (κ1) is 9.29. The van der Waals surface area contributed by atoms with Crippen molar-refractivity contribution in [3.8, 4) is 11.8 Å². The fourth-order valence-electron chi connectivity index (χ4n) is 1.73. The van der Waals surface area contributed by atoms with Crippen LogP contribution >= 0.6 is 0 Å². The van der Waals surface area contributed by atoms with Gasteiger partial charge in [0.2, 0.25) is 0 Å². The summed E-state index contributed by atoms with van der Waals surface area (Å²) in [6, 6.07) is 0. The number of esters is 1. The van der Waals surface area contributed by atoms with E-state index in [1.807, 2.05) is 0 Å². The number of hydrogen-bond acceptors (Lipinski definition) is 3. The van der Waals surface area contributed by atoms with Gasteiger partial charge in [0.1, 0.15) is 12.2 Å². The van der Waals surface area contributed by atoms with Crippen LogP contribution in [0.15, 0.2) is 11.6 Å². The first-order valence-electron chi connectivity index (χ1n) is 4.81. The Morgan fingerprint density at radius 2 is 2.14 bits per heavy atom. The molecule has 0 radical (unpaired) electrons. The Balaban J connectivity index is 2.06. The lowest BCUT2D eigenvalue weighted by Crippen LogP contribution is -2.20. The molecular weight excluding hydrogens is 180 g/mol. The van der Waals surface area contributed by atoms with Crippen molar-refractivity contribution in [2.45, 2.75) is 31.3 Å². The number of aliphatic hydroxyl groups is 1. The fraction of sp³-hybridized carbons (Fsp3) is 0.545. The SMILES string of the molecule is O=C1C=C(C#CC2(O)CCCC2)CO1. The zero-order valence-electron chi connectivity index (χ0n) is 7.88. The van der Waals surface area contributed by atoms with Crippen LogP contribution in [0.4, 0.5) is 0 Å². The van der Waals surface area contributed by atoms with Crippen molar-refractivity contribution in [2.75, 3.05) is 6.61 Å². The topological polar surface area (TPSA) is 46.5 Å². The standard InChI is InChI=1S/C11H12O3/c12-10-7-9(8-14-10)3-6-11(13)4-1-2-5-11/h7,13H,1-2,4-5,8H2. The first-order chi connectivity index (χ1) is 6.68. The molecule has 0 aromatic rings. The summed E-state index contributed by atoms with van der Waals surface area (Å²) in [5.41, 5.74) is -0.165. The highest BCUT2D eigenvalue weighted by Gasteiger charge is 2.28. The average molecular weight is 192 g/mol. The van der Waals surface area contributed by atoms with E-state index >= 15 is 0 Å². The molecule has 1 saturated carbocycles. The monoisotopic (exact) mass is 192 g/mol. The molecule has 0 aromatic carbocycles. The van der Waals surface area contributed by atoms with Crippen molar-refractivity contribution in [1.82, 2.24) is 0 Å². The largest absolute Gasteiger partial charge is 0.457 e. The molecule has 0 amide bonds. The Labute approximate surface area is 82.8 Å². The summed E-state index contributed by atoms with van der Waals surface area (Å²) in [6.45, 7) is 0.252. The molecule has 2 rings (SSSR count). The van der Waals surface area contributed by atoms with Gasteiger partial charge in [0.15, 0.2) is 0 Å². The van der Waals surface area contributed by atoms with E-state index < -0.39 is 5.60 Å². The molecule has 3 heteroatoms. The third-order valence-electron chi connectivity index (χ3n) is 2.55. The van der Waals surface area contributed by atoms with Crippen molar-refractivity contribution in [2.24, 2.45) is 0 Å². The van der Waals surface area contributed by atoms with Gasteiger partial charge >= 0.3 is 5.97 Å². The molecule has 1 aliphatic heterocycles. The zero-order chi connectivity index (χ0) is 10.0. The van der Waals surface area contributed by atoms with E-state index in [1.54, 1.807) is 0 Å². The van der Waals surface area contributed by atoms with E-state index in [-0.39, 0.29) is 12.6 Å². The maximum Gasteiger partial charge on any atom is 0.332 e. The molecule has 0 bridgehead atoms. The predicted octanol–water partition coefficient (Wildman–Crippen LogP) is 0.778. The van der Waals surface area contributed by atoms with E-state index in [0.29, 0.717) is 5.57 Å². The molecule has 0 atom stereocenters. The van der Waals surface area contributed by atoms with Gasteiger partial charge in [-0.25, -0.2) is 4.79 Å². The van der Waals surface area contributed by atoms with Crippen LogP contribution in [0.25, 0.3) is 0 Å². The van der Waals surface area contributed by atoms with Crippen LogP contribution in [0.2, 0.25) is 0 Å². The summed E-state index contributed by atoms with van der Waals surface area (Å²) < 4.78 is 4.70. The van der Waals surface area contributed by atoms with Crippen molar-refractivity contribution in [3.63, 3.8) is 0 Å². The molecule has 0 saturated heterocycles. The Hall–Kier alpha value is -1.27. The average Bonchev–Trinajstić information content (AvgIpc) is 2.73. The highest BCUT2D eigenvalue weighted by Crippen LogP contribution is 2.28. The highest BCUT2D eigenvalue weighted by atomic mass is 16.5. The number of carbonyl (C=O) groups is 1. The van der Waals surface area contributed by atoms with Crippen molar-refractivity contribution in [1.29, 1.82) is 0 Å². The lowest BCUT2D eigenvalue weighted by Gasteiger charge is -2.12. The third-order valence-corrected chi connectivity index (χ3v) is 2.55. The molecule has 0 aromatic heterocycles. The van der Waals surface area contributed by atoms with Gasteiger partial charge < -0.3 is 9.84 Å². The van der Waals surface area contributed by atoms with Gasteiger partial charge in [0.25, 0.3) is 0 Å². The van der Waals surface area contributed by atoms with E-state index in [4.69, 9.17) is 4.74 Å². The Bertz CT molecular complexity index is 337. The molecule has 3 nitrogen and oxygen atoms in total.